The summed E-state index contributed by atoms with van der Waals surface area (Å²) in [7, 11) is 0. The number of rotatable bonds is 9. The van der Waals surface area contributed by atoms with Crippen molar-refractivity contribution in [1.82, 2.24) is 4.98 Å². The molecule has 0 radical (unpaired) electrons. The second-order valence-corrected chi connectivity index (χ2v) is 5.91. The van der Waals surface area contributed by atoms with Crippen LogP contribution in [0.25, 0.3) is 11.5 Å². The molecule has 6 nitrogen and oxygen atoms in total. The van der Waals surface area contributed by atoms with Crippen LogP contribution < -0.4 is 16.8 Å². The minimum atomic E-state index is 0.127. The molecule has 0 saturated carbocycles. The fraction of sp³-hybridized carbons (Fsp3) is 0.467. The van der Waals surface area contributed by atoms with Crippen molar-refractivity contribution in [2.45, 2.75) is 38.8 Å². The average molecular weight is 321 g/mol. The highest BCUT2D eigenvalue weighted by Gasteiger charge is 2.08. The molecule has 2 aromatic heterocycles. The summed E-state index contributed by atoms with van der Waals surface area (Å²) < 4.78 is 5.57. The van der Waals surface area contributed by atoms with Crippen LogP contribution in [0.1, 0.15) is 31.9 Å². The van der Waals surface area contributed by atoms with Gasteiger partial charge in [-0.25, -0.2) is 4.98 Å². The summed E-state index contributed by atoms with van der Waals surface area (Å²) in [4.78, 5) is 8.73. The molecule has 0 saturated heterocycles. The zero-order valence-electron chi connectivity index (χ0n) is 12.8. The molecule has 0 spiro atoms. The highest BCUT2D eigenvalue weighted by Crippen LogP contribution is 2.26. The molecule has 0 amide bonds. The fourth-order valence-corrected chi connectivity index (χ4v) is 2.59. The lowest BCUT2D eigenvalue weighted by Crippen LogP contribution is -2.23. The van der Waals surface area contributed by atoms with Crippen molar-refractivity contribution in [2.24, 2.45) is 16.5 Å². The van der Waals surface area contributed by atoms with Gasteiger partial charge in [0.25, 0.3) is 0 Å². The van der Waals surface area contributed by atoms with Crippen LogP contribution in [0.4, 0.5) is 5.13 Å². The van der Waals surface area contributed by atoms with E-state index < -0.39 is 0 Å². The first kappa shape index (κ1) is 16.7. The first-order valence-electron chi connectivity index (χ1n) is 7.48. The molecule has 5 N–H and O–H groups in total. The third-order valence-corrected chi connectivity index (χ3v) is 3.94. The monoisotopic (exact) mass is 321 g/mol. The van der Waals surface area contributed by atoms with Crippen LogP contribution in [-0.4, -0.2) is 23.9 Å². The SMILES string of the molecule is CCCCC(N)CN=CNc1nc(-c2ccc(CN)o2)cs1. The van der Waals surface area contributed by atoms with Crippen molar-refractivity contribution in [2.75, 3.05) is 11.9 Å². The lowest BCUT2D eigenvalue weighted by atomic mass is 10.1. The van der Waals surface area contributed by atoms with Crippen LogP contribution in [0.15, 0.2) is 26.9 Å². The van der Waals surface area contributed by atoms with Gasteiger partial charge in [-0.1, -0.05) is 19.8 Å². The Balaban J connectivity index is 1.82. The maximum Gasteiger partial charge on any atom is 0.188 e. The van der Waals surface area contributed by atoms with Gasteiger partial charge in [0.05, 0.1) is 19.4 Å². The zero-order chi connectivity index (χ0) is 15.8. The van der Waals surface area contributed by atoms with Crippen LogP contribution in [0.5, 0.6) is 0 Å². The van der Waals surface area contributed by atoms with Crippen LogP contribution in [0.3, 0.4) is 0 Å². The van der Waals surface area contributed by atoms with Gasteiger partial charge in [0.2, 0.25) is 0 Å². The van der Waals surface area contributed by atoms with E-state index in [9.17, 15) is 0 Å². The van der Waals surface area contributed by atoms with E-state index >= 15 is 0 Å². The highest BCUT2D eigenvalue weighted by atomic mass is 32.1. The summed E-state index contributed by atoms with van der Waals surface area (Å²) in [6.07, 6.45) is 4.98. The van der Waals surface area contributed by atoms with Crippen LogP contribution in [0, 0.1) is 0 Å². The normalized spacial score (nSPS) is 12.9. The lowest BCUT2D eigenvalue weighted by molar-refractivity contribution is 0.524. The molecule has 2 aromatic rings. The number of nitrogens with one attached hydrogen (secondary N) is 1. The Morgan fingerprint density at radius 3 is 3.09 bits per heavy atom. The lowest BCUT2D eigenvalue weighted by Gasteiger charge is -2.06. The van der Waals surface area contributed by atoms with Crippen molar-refractivity contribution in [3.8, 4) is 11.5 Å². The summed E-state index contributed by atoms with van der Waals surface area (Å²) in [5.74, 6) is 1.48. The number of furan rings is 1. The Bertz CT molecular complexity index is 592. The Labute approximate surface area is 134 Å². The molecule has 22 heavy (non-hydrogen) atoms. The molecule has 0 fully saturated rings. The number of nitrogens with two attached hydrogens (primary N) is 2. The van der Waals surface area contributed by atoms with Gasteiger partial charge >= 0.3 is 0 Å². The minimum Gasteiger partial charge on any atom is -0.458 e. The smallest absolute Gasteiger partial charge is 0.188 e. The van der Waals surface area contributed by atoms with Crippen molar-refractivity contribution in [1.29, 1.82) is 0 Å². The molecule has 1 unspecified atom stereocenters. The van der Waals surface area contributed by atoms with Crippen LogP contribution in [0.2, 0.25) is 0 Å². The van der Waals surface area contributed by atoms with Crippen molar-refractivity contribution in [3.63, 3.8) is 0 Å². The molecule has 120 valence electrons. The van der Waals surface area contributed by atoms with E-state index in [1.54, 1.807) is 6.34 Å². The van der Waals surface area contributed by atoms with Crippen molar-refractivity contribution in [3.05, 3.63) is 23.3 Å². The van der Waals surface area contributed by atoms with Crippen LogP contribution in [-0.2, 0) is 6.54 Å². The zero-order valence-corrected chi connectivity index (χ0v) is 13.6. The number of hydrogen-bond donors (Lipinski definition) is 3. The topological polar surface area (TPSA) is 102 Å². The Kier molecular flexibility index (Phi) is 6.57. The van der Waals surface area contributed by atoms with Crippen molar-refractivity contribution >= 4 is 22.8 Å². The van der Waals surface area contributed by atoms with E-state index in [0.717, 1.165) is 41.6 Å². The van der Waals surface area contributed by atoms with Gasteiger partial charge < -0.3 is 21.2 Å². The molecule has 0 aliphatic rings. The highest BCUT2D eigenvalue weighted by molar-refractivity contribution is 7.14. The third-order valence-electron chi connectivity index (χ3n) is 3.17. The predicted octanol–water partition coefficient (Wildman–Crippen LogP) is 2.82. The Morgan fingerprint density at radius 1 is 1.50 bits per heavy atom. The van der Waals surface area contributed by atoms with Gasteiger partial charge in [0, 0.05) is 11.4 Å². The first-order chi connectivity index (χ1) is 10.7. The fourth-order valence-electron chi connectivity index (χ4n) is 1.93. The molecule has 0 aliphatic heterocycles. The molecular formula is C15H23N5OS. The van der Waals surface area contributed by atoms with E-state index in [1.165, 1.54) is 11.3 Å². The quantitative estimate of drug-likeness (QED) is 0.487. The van der Waals surface area contributed by atoms with Gasteiger partial charge in [-0.3, -0.25) is 4.99 Å². The second kappa shape index (κ2) is 8.67. The number of aliphatic imine (C=N–C) groups is 1. The van der Waals surface area contributed by atoms with Gasteiger partial charge in [-0.15, -0.1) is 11.3 Å². The van der Waals surface area contributed by atoms with Crippen molar-refractivity contribution < 1.29 is 4.42 Å². The largest absolute Gasteiger partial charge is 0.458 e. The Morgan fingerprint density at radius 2 is 2.36 bits per heavy atom. The van der Waals surface area contributed by atoms with Crippen LogP contribution >= 0.6 is 11.3 Å². The molecular weight excluding hydrogens is 298 g/mol. The third kappa shape index (κ3) is 4.94. The summed E-state index contributed by atoms with van der Waals surface area (Å²) in [5.41, 5.74) is 12.3. The molecule has 0 aromatic carbocycles. The summed E-state index contributed by atoms with van der Waals surface area (Å²) in [6.45, 7) is 3.18. The standard InChI is InChI=1S/C15H23N5OS/c1-2-3-4-11(17)8-18-10-19-15-20-13(9-22-15)14-6-5-12(7-16)21-14/h5-6,9-11H,2-4,7-8,16-17H2,1H3,(H,18,19,20). The number of hydrogen-bond acceptors (Lipinski definition) is 6. The molecule has 7 heteroatoms. The summed E-state index contributed by atoms with van der Waals surface area (Å²) in [5, 5.41) is 5.76. The van der Waals surface area contributed by atoms with Gasteiger partial charge in [0.1, 0.15) is 11.5 Å². The number of unbranched alkanes of at least 4 members (excludes halogenated alkanes) is 1. The number of aromatic nitrogens is 1. The molecule has 0 aliphatic carbocycles. The maximum absolute atomic E-state index is 5.96. The second-order valence-electron chi connectivity index (χ2n) is 5.05. The average Bonchev–Trinajstić information content (AvgIpc) is 3.18. The van der Waals surface area contributed by atoms with Gasteiger partial charge in [0.15, 0.2) is 10.9 Å². The van der Waals surface area contributed by atoms with E-state index in [1.807, 2.05) is 17.5 Å². The van der Waals surface area contributed by atoms with Gasteiger partial charge in [-0.2, -0.15) is 0 Å². The van der Waals surface area contributed by atoms with Gasteiger partial charge in [-0.05, 0) is 18.6 Å². The maximum atomic E-state index is 5.96. The summed E-state index contributed by atoms with van der Waals surface area (Å²) in [6, 6.07) is 3.87. The first-order valence-corrected chi connectivity index (χ1v) is 8.36. The van der Waals surface area contributed by atoms with E-state index in [4.69, 9.17) is 15.9 Å². The number of nitrogens with zero attached hydrogens (tertiary/aromatic N) is 2. The minimum absolute atomic E-state index is 0.127. The Hall–Kier alpha value is -1.70. The molecule has 2 heterocycles. The summed E-state index contributed by atoms with van der Waals surface area (Å²) >= 11 is 1.50. The molecule has 1 atom stereocenters. The van der Waals surface area contributed by atoms with E-state index in [0.29, 0.717) is 13.1 Å². The van der Waals surface area contributed by atoms with E-state index in [-0.39, 0.29) is 6.04 Å². The number of thiazole rings is 1. The molecule has 2 rings (SSSR count). The number of anilines is 1. The predicted molar refractivity (Wildman–Crippen MR) is 92.2 cm³/mol. The van der Waals surface area contributed by atoms with E-state index in [2.05, 4.69) is 22.2 Å². The molecule has 0 bridgehead atoms.